The van der Waals surface area contributed by atoms with Gasteiger partial charge in [0, 0.05) is 63.1 Å². The maximum atomic E-state index is 13.1. The number of rotatable bonds is 4. The Hall–Kier alpha value is -1.31. The zero-order valence-electron chi connectivity index (χ0n) is 16.1. The first-order chi connectivity index (χ1) is 13.2. The van der Waals surface area contributed by atoms with Crippen molar-refractivity contribution in [3.05, 3.63) is 33.7 Å². The molecule has 1 amide bonds. The number of piperidine rings is 1. The Bertz CT molecular complexity index is 742. The van der Waals surface area contributed by atoms with Crippen LogP contribution in [0.25, 0.3) is 0 Å². The number of ether oxygens (including phenoxy) is 1. The second-order valence-corrected chi connectivity index (χ2v) is 8.84. The van der Waals surface area contributed by atoms with Crippen LogP contribution in [0.5, 0.6) is 0 Å². The first-order valence-corrected chi connectivity index (χ1v) is 11.3. The monoisotopic (exact) mass is 391 g/mol. The summed E-state index contributed by atoms with van der Waals surface area (Å²) in [6.07, 6.45) is 4.08. The van der Waals surface area contributed by atoms with E-state index in [9.17, 15) is 9.59 Å². The molecule has 3 aliphatic heterocycles. The van der Waals surface area contributed by atoms with Gasteiger partial charge in [-0.2, -0.15) is 11.8 Å². The molecule has 2 saturated heterocycles. The lowest BCUT2D eigenvalue weighted by Gasteiger charge is -2.43. The van der Waals surface area contributed by atoms with Crippen molar-refractivity contribution in [3.8, 4) is 0 Å². The van der Waals surface area contributed by atoms with Crippen LogP contribution in [0.2, 0.25) is 0 Å². The minimum Gasteiger partial charge on any atom is -0.380 e. The second-order valence-electron chi connectivity index (χ2n) is 7.97. The molecule has 6 nitrogen and oxygen atoms in total. The number of carbonyl (C=O) groups excluding carboxylic acids is 1. The highest BCUT2D eigenvalue weighted by Crippen LogP contribution is 2.35. The van der Waals surface area contributed by atoms with Crippen LogP contribution in [0.15, 0.2) is 16.9 Å². The van der Waals surface area contributed by atoms with Gasteiger partial charge in [0.25, 0.3) is 5.56 Å². The average Bonchev–Trinajstić information content (AvgIpc) is 2.93. The lowest BCUT2D eigenvalue weighted by Crippen LogP contribution is -2.50. The smallest absolute Gasteiger partial charge is 0.255 e. The maximum Gasteiger partial charge on any atom is 0.255 e. The van der Waals surface area contributed by atoms with Crippen LogP contribution in [0, 0.1) is 5.92 Å². The van der Waals surface area contributed by atoms with E-state index in [2.05, 4.69) is 11.0 Å². The van der Waals surface area contributed by atoms with E-state index in [1.807, 2.05) is 21.8 Å². The fraction of sp³-hybridized carbons (Fsp3) is 0.700. The number of amides is 1. The van der Waals surface area contributed by atoms with Crippen LogP contribution < -0.4 is 5.56 Å². The third-order valence-corrected chi connectivity index (χ3v) is 6.55. The summed E-state index contributed by atoms with van der Waals surface area (Å²) in [4.78, 5) is 29.8. The van der Waals surface area contributed by atoms with Gasteiger partial charge in [-0.05, 0) is 31.1 Å². The van der Waals surface area contributed by atoms with Crippen molar-refractivity contribution >= 4 is 17.7 Å². The molecule has 148 valence electrons. The van der Waals surface area contributed by atoms with E-state index in [4.69, 9.17) is 4.74 Å². The molecule has 0 unspecified atom stereocenters. The van der Waals surface area contributed by atoms with Crippen LogP contribution in [-0.4, -0.2) is 71.7 Å². The topological polar surface area (TPSA) is 54.8 Å². The van der Waals surface area contributed by atoms with Crippen molar-refractivity contribution in [1.82, 2.24) is 14.4 Å². The first-order valence-electron chi connectivity index (χ1n) is 9.95. The van der Waals surface area contributed by atoms with Crippen LogP contribution >= 0.6 is 11.8 Å². The Balaban J connectivity index is 1.53. The fourth-order valence-electron chi connectivity index (χ4n) is 4.73. The molecular weight excluding hydrogens is 362 g/mol. The fourth-order valence-corrected chi connectivity index (χ4v) is 5.16. The zero-order chi connectivity index (χ0) is 18.8. The van der Waals surface area contributed by atoms with Crippen molar-refractivity contribution in [2.45, 2.75) is 31.8 Å². The third kappa shape index (κ3) is 4.10. The predicted octanol–water partition coefficient (Wildman–Crippen LogP) is 1.38. The largest absolute Gasteiger partial charge is 0.380 e. The summed E-state index contributed by atoms with van der Waals surface area (Å²) < 4.78 is 7.52. The number of carbonyl (C=O) groups is 1. The third-order valence-electron chi connectivity index (χ3n) is 6.01. The van der Waals surface area contributed by atoms with Gasteiger partial charge in [0.05, 0.1) is 12.4 Å². The van der Waals surface area contributed by atoms with E-state index in [1.165, 1.54) is 0 Å². The quantitative estimate of drug-likeness (QED) is 0.776. The molecule has 0 N–H and O–H groups in total. The molecule has 3 aliphatic rings. The van der Waals surface area contributed by atoms with Crippen molar-refractivity contribution in [2.75, 3.05) is 51.4 Å². The van der Waals surface area contributed by atoms with Gasteiger partial charge in [-0.15, -0.1) is 0 Å². The Morgan fingerprint density at radius 2 is 2.11 bits per heavy atom. The first kappa shape index (κ1) is 19.0. The summed E-state index contributed by atoms with van der Waals surface area (Å²) in [6, 6.07) is 4.15. The number of hydrogen-bond acceptors (Lipinski definition) is 5. The van der Waals surface area contributed by atoms with Gasteiger partial charge in [0.2, 0.25) is 5.91 Å². The SMILES string of the molecule is CSCC(=O)N1C[C@@H]2C[C@H](C1)c1ccc(CN3CCCOCC3)c(=O)n1C2. The van der Waals surface area contributed by atoms with Gasteiger partial charge in [-0.1, -0.05) is 6.07 Å². The molecule has 0 radical (unpaired) electrons. The van der Waals surface area contributed by atoms with E-state index in [0.29, 0.717) is 18.2 Å². The van der Waals surface area contributed by atoms with Crippen LogP contribution in [0.3, 0.4) is 0 Å². The average molecular weight is 392 g/mol. The molecule has 0 saturated carbocycles. The molecule has 0 aliphatic carbocycles. The Morgan fingerprint density at radius 3 is 2.96 bits per heavy atom. The van der Waals surface area contributed by atoms with Gasteiger partial charge in [-0.3, -0.25) is 14.5 Å². The van der Waals surface area contributed by atoms with E-state index >= 15 is 0 Å². The number of pyridine rings is 1. The summed E-state index contributed by atoms with van der Waals surface area (Å²) in [7, 11) is 0. The van der Waals surface area contributed by atoms with Gasteiger partial charge in [0.1, 0.15) is 0 Å². The Labute approximate surface area is 164 Å². The number of hydrogen-bond donors (Lipinski definition) is 0. The molecule has 4 rings (SSSR count). The van der Waals surface area contributed by atoms with Crippen molar-refractivity contribution in [1.29, 1.82) is 0 Å². The second kappa shape index (κ2) is 8.37. The van der Waals surface area contributed by atoms with E-state index < -0.39 is 0 Å². The minimum atomic E-state index is 0.163. The van der Waals surface area contributed by atoms with Crippen LogP contribution in [0.1, 0.15) is 30.0 Å². The molecule has 2 atom stereocenters. The van der Waals surface area contributed by atoms with Crippen LogP contribution in [-0.2, 0) is 22.6 Å². The molecular formula is C20H29N3O3S. The summed E-state index contributed by atoms with van der Waals surface area (Å²) in [5.74, 6) is 1.45. The summed E-state index contributed by atoms with van der Waals surface area (Å²) >= 11 is 1.58. The summed E-state index contributed by atoms with van der Waals surface area (Å²) in [5, 5.41) is 0. The molecule has 2 bridgehead atoms. The van der Waals surface area contributed by atoms with E-state index in [0.717, 1.165) is 70.0 Å². The molecule has 27 heavy (non-hydrogen) atoms. The number of aromatic nitrogens is 1. The highest BCUT2D eigenvalue weighted by atomic mass is 32.2. The number of fused-ring (bicyclic) bond motifs is 4. The molecule has 0 spiro atoms. The zero-order valence-corrected chi connectivity index (χ0v) is 16.9. The lowest BCUT2D eigenvalue weighted by atomic mass is 9.83. The lowest BCUT2D eigenvalue weighted by molar-refractivity contribution is -0.131. The summed E-state index contributed by atoms with van der Waals surface area (Å²) in [6.45, 7) is 6.41. The van der Waals surface area contributed by atoms with Gasteiger partial charge in [0.15, 0.2) is 0 Å². The predicted molar refractivity (Wildman–Crippen MR) is 107 cm³/mol. The highest BCUT2D eigenvalue weighted by Gasteiger charge is 2.36. The van der Waals surface area contributed by atoms with Crippen molar-refractivity contribution in [3.63, 3.8) is 0 Å². The standard InChI is InChI=1S/C20H29N3O3S/c1-27-14-19(24)22-10-15-9-17(13-22)18-4-3-16(20(25)23(18)11-15)12-21-5-2-7-26-8-6-21/h3-4,15,17H,2,5-14H2,1H3/t15-,17+/m0/s1. The molecule has 0 aromatic carbocycles. The van der Waals surface area contributed by atoms with E-state index in [1.54, 1.807) is 11.8 Å². The minimum absolute atomic E-state index is 0.163. The van der Waals surface area contributed by atoms with Gasteiger partial charge in [-0.25, -0.2) is 0 Å². The molecule has 2 fully saturated rings. The summed E-state index contributed by atoms with van der Waals surface area (Å²) in [5.41, 5.74) is 2.16. The number of nitrogens with zero attached hydrogens (tertiary/aromatic N) is 3. The number of likely N-dealkylation sites (tertiary alicyclic amines) is 1. The van der Waals surface area contributed by atoms with Gasteiger partial charge < -0.3 is 14.2 Å². The van der Waals surface area contributed by atoms with Crippen molar-refractivity contribution < 1.29 is 9.53 Å². The van der Waals surface area contributed by atoms with Crippen molar-refractivity contribution in [2.24, 2.45) is 5.92 Å². The Morgan fingerprint density at radius 1 is 1.22 bits per heavy atom. The normalized spacial score (nSPS) is 25.7. The number of thioether (sulfide) groups is 1. The van der Waals surface area contributed by atoms with Gasteiger partial charge >= 0.3 is 0 Å². The molecule has 7 heteroatoms. The highest BCUT2D eigenvalue weighted by molar-refractivity contribution is 7.99. The van der Waals surface area contributed by atoms with E-state index in [-0.39, 0.29) is 17.4 Å². The molecule has 1 aromatic heterocycles. The van der Waals surface area contributed by atoms with Crippen LogP contribution in [0.4, 0.5) is 0 Å². The molecule has 4 heterocycles. The Kier molecular flexibility index (Phi) is 5.90. The maximum absolute atomic E-state index is 13.1. The molecule has 1 aromatic rings.